The van der Waals surface area contributed by atoms with Gasteiger partial charge in [-0.1, -0.05) is 42.5 Å². The lowest BCUT2D eigenvalue weighted by Crippen LogP contribution is -2.24. The van der Waals surface area contributed by atoms with Crippen LogP contribution in [-0.4, -0.2) is 21.8 Å². The van der Waals surface area contributed by atoms with Crippen molar-refractivity contribution in [3.8, 4) is 22.8 Å². The molecule has 2 aromatic heterocycles. The number of ether oxygens (including phenoxy) is 1. The largest absolute Gasteiger partial charge is 0.438 e. The lowest BCUT2D eigenvalue weighted by Gasteiger charge is -2.11. The zero-order chi connectivity index (χ0) is 28.6. The Hall–Kier alpha value is -5.44. The van der Waals surface area contributed by atoms with E-state index in [4.69, 9.17) is 4.74 Å². The van der Waals surface area contributed by atoms with Crippen LogP contribution in [-0.2, 0) is 13.1 Å². The van der Waals surface area contributed by atoms with Gasteiger partial charge in [-0.2, -0.15) is 0 Å². The molecule has 0 aliphatic heterocycles. The highest BCUT2D eigenvalue weighted by molar-refractivity contribution is 5.96. The summed E-state index contributed by atoms with van der Waals surface area (Å²) in [6.07, 6.45) is 3.03. The van der Waals surface area contributed by atoms with Crippen molar-refractivity contribution in [2.45, 2.75) is 13.1 Å². The Labute approximate surface area is 234 Å². The molecule has 41 heavy (non-hydrogen) atoms. The first-order chi connectivity index (χ1) is 20.0. The van der Waals surface area contributed by atoms with Crippen molar-refractivity contribution in [1.29, 1.82) is 0 Å². The summed E-state index contributed by atoms with van der Waals surface area (Å²) in [4.78, 5) is 33.2. The van der Waals surface area contributed by atoms with Crippen LogP contribution in [0.2, 0.25) is 0 Å². The van der Waals surface area contributed by atoms with Crippen molar-refractivity contribution >= 4 is 11.8 Å². The molecule has 0 aliphatic rings. The fourth-order valence-corrected chi connectivity index (χ4v) is 3.99. The maximum Gasteiger partial charge on any atom is 0.270 e. The molecule has 0 radical (unpaired) electrons. The number of hydrogen-bond acceptors (Lipinski definition) is 5. The van der Waals surface area contributed by atoms with Crippen molar-refractivity contribution in [1.82, 2.24) is 20.6 Å². The van der Waals surface area contributed by atoms with Crippen LogP contribution in [0.1, 0.15) is 32.0 Å². The first kappa shape index (κ1) is 27.1. The molecule has 204 valence electrons. The molecule has 2 N–H and O–H groups in total. The van der Waals surface area contributed by atoms with Gasteiger partial charge in [-0.25, -0.2) is 13.8 Å². The molecule has 0 saturated heterocycles. The van der Waals surface area contributed by atoms with Gasteiger partial charge in [0.1, 0.15) is 28.6 Å². The maximum atomic E-state index is 15.0. The van der Waals surface area contributed by atoms with Gasteiger partial charge in [0.25, 0.3) is 11.8 Å². The number of pyridine rings is 2. The Morgan fingerprint density at radius 3 is 2.17 bits per heavy atom. The third kappa shape index (κ3) is 6.96. The van der Waals surface area contributed by atoms with E-state index in [0.717, 1.165) is 11.1 Å². The molecule has 0 unspecified atom stereocenters. The number of rotatable bonds is 9. The van der Waals surface area contributed by atoms with E-state index in [1.54, 1.807) is 42.6 Å². The molecule has 2 heterocycles. The minimum atomic E-state index is -0.496. The second kappa shape index (κ2) is 12.6. The summed E-state index contributed by atoms with van der Waals surface area (Å²) >= 11 is 0. The molecule has 5 rings (SSSR count). The van der Waals surface area contributed by atoms with E-state index in [1.165, 1.54) is 42.6 Å². The topological polar surface area (TPSA) is 93.2 Å². The summed E-state index contributed by atoms with van der Waals surface area (Å²) in [5.74, 6) is -1.27. The van der Waals surface area contributed by atoms with Crippen LogP contribution in [0.3, 0.4) is 0 Å². The van der Waals surface area contributed by atoms with E-state index in [2.05, 4.69) is 20.6 Å². The molecule has 5 aromatic rings. The highest BCUT2D eigenvalue weighted by Gasteiger charge is 2.15. The van der Waals surface area contributed by atoms with Gasteiger partial charge in [0, 0.05) is 31.0 Å². The summed E-state index contributed by atoms with van der Waals surface area (Å²) in [7, 11) is 0. The fraction of sp³-hybridized carbons (Fsp3) is 0.0625. The Morgan fingerprint density at radius 1 is 0.707 bits per heavy atom. The summed E-state index contributed by atoms with van der Waals surface area (Å²) in [6, 6.07) is 25.8. The van der Waals surface area contributed by atoms with Gasteiger partial charge < -0.3 is 15.4 Å². The van der Waals surface area contributed by atoms with Gasteiger partial charge in [0.15, 0.2) is 0 Å². The number of nitrogens with one attached hydrogen (secondary N) is 2. The second-order valence-corrected chi connectivity index (χ2v) is 9.00. The van der Waals surface area contributed by atoms with Crippen molar-refractivity contribution < 1.29 is 23.1 Å². The predicted molar refractivity (Wildman–Crippen MR) is 149 cm³/mol. The molecular weight excluding hydrogens is 526 g/mol. The molecule has 0 atom stereocenters. The number of halogens is 2. The van der Waals surface area contributed by atoms with Crippen LogP contribution < -0.4 is 15.4 Å². The fourth-order valence-electron chi connectivity index (χ4n) is 3.99. The van der Waals surface area contributed by atoms with Crippen LogP contribution in [0.5, 0.6) is 11.6 Å². The summed E-state index contributed by atoms with van der Waals surface area (Å²) in [5, 5.41) is 5.52. The minimum Gasteiger partial charge on any atom is -0.438 e. The van der Waals surface area contributed by atoms with Crippen LogP contribution in [0.4, 0.5) is 8.78 Å². The number of aromatic nitrogens is 2. The lowest BCUT2D eigenvalue weighted by atomic mass is 10.0. The molecular formula is C32H24F2N4O3. The number of carbonyl (C=O) groups excluding carboxylic acids is 2. The third-order valence-electron chi connectivity index (χ3n) is 6.17. The van der Waals surface area contributed by atoms with Crippen LogP contribution in [0.25, 0.3) is 11.1 Å². The third-order valence-corrected chi connectivity index (χ3v) is 6.17. The maximum absolute atomic E-state index is 15.0. The van der Waals surface area contributed by atoms with Crippen molar-refractivity contribution in [2.24, 2.45) is 0 Å². The van der Waals surface area contributed by atoms with Crippen LogP contribution in [0.15, 0.2) is 109 Å². The SMILES string of the molecule is O=C(NCc1ccc(-c2ccc(CNC(=O)c3cccnc3Oc3ccc(F)cc3)c(F)c2)cc1)c1ccccn1. The van der Waals surface area contributed by atoms with Gasteiger partial charge >= 0.3 is 0 Å². The van der Waals surface area contributed by atoms with E-state index < -0.39 is 17.5 Å². The number of carbonyl (C=O) groups is 2. The van der Waals surface area contributed by atoms with E-state index in [0.29, 0.717) is 29.1 Å². The molecule has 2 amide bonds. The summed E-state index contributed by atoms with van der Waals surface area (Å²) < 4.78 is 33.8. The Balaban J connectivity index is 1.19. The van der Waals surface area contributed by atoms with Gasteiger partial charge in [-0.15, -0.1) is 0 Å². The monoisotopic (exact) mass is 550 g/mol. The predicted octanol–water partition coefficient (Wildman–Crippen LogP) is 6.07. The highest BCUT2D eigenvalue weighted by atomic mass is 19.1. The zero-order valence-electron chi connectivity index (χ0n) is 21.7. The van der Waals surface area contributed by atoms with E-state index in [9.17, 15) is 18.4 Å². The van der Waals surface area contributed by atoms with Gasteiger partial charge in [-0.05, 0) is 71.3 Å². The van der Waals surface area contributed by atoms with Crippen molar-refractivity contribution in [3.05, 3.63) is 143 Å². The number of amides is 2. The second-order valence-electron chi connectivity index (χ2n) is 9.00. The average Bonchev–Trinajstić information content (AvgIpc) is 3.01. The van der Waals surface area contributed by atoms with E-state index in [-0.39, 0.29) is 23.9 Å². The molecule has 3 aromatic carbocycles. The number of nitrogens with zero attached hydrogens (tertiary/aromatic N) is 2. The summed E-state index contributed by atoms with van der Waals surface area (Å²) in [5.41, 5.74) is 3.17. The quantitative estimate of drug-likeness (QED) is 0.232. The van der Waals surface area contributed by atoms with Crippen molar-refractivity contribution in [3.63, 3.8) is 0 Å². The Bertz CT molecular complexity index is 1660. The van der Waals surface area contributed by atoms with E-state index >= 15 is 0 Å². The van der Waals surface area contributed by atoms with Crippen LogP contribution in [0, 0.1) is 11.6 Å². The molecule has 0 saturated carbocycles. The number of benzene rings is 3. The number of hydrogen-bond donors (Lipinski definition) is 2. The van der Waals surface area contributed by atoms with Gasteiger partial charge in [0.2, 0.25) is 5.88 Å². The highest BCUT2D eigenvalue weighted by Crippen LogP contribution is 2.25. The molecule has 0 aliphatic carbocycles. The molecule has 0 spiro atoms. The van der Waals surface area contributed by atoms with Crippen LogP contribution >= 0.6 is 0 Å². The molecule has 7 nitrogen and oxygen atoms in total. The normalized spacial score (nSPS) is 10.6. The molecule has 9 heteroatoms. The average molecular weight is 551 g/mol. The molecule has 0 bridgehead atoms. The summed E-state index contributed by atoms with van der Waals surface area (Å²) in [6.45, 7) is 0.279. The zero-order valence-corrected chi connectivity index (χ0v) is 21.7. The van der Waals surface area contributed by atoms with Crippen molar-refractivity contribution in [2.75, 3.05) is 0 Å². The first-order valence-electron chi connectivity index (χ1n) is 12.7. The molecule has 0 fully saturated rings. The standard InChI is InChI=1S/C32H24F2N4O3/c33-25-12-14-26(15-13-25)41-32-27(4-3-17-36-32)30(39)38-20-24-11-10-23(18-28(24)34)22-8-6-21(7-9-22)19-37-31(40)29-5-1-2-16-35-29/h1-18H,19-20H2,(H,37,40)(H,38,39). The van der Waals surface area contributed by atoms with Gasteiger partial charge in [0.05, 0.1) is 0 Å². The van der Waals surface area contributed by atoms with Gasteiger partial charge in [-0.3, -0.25) is 14.6 Å². The minimum absolute atomic E-state index is 0.0483. The first-order valence-corrected chi connectivity index (χ1v) is 12.7. The van der Waals surface area contributed by atoms with E-state index in [1.807, 2.05) is 24.3 Å². The Morgan fingerprint density at radius 2 is 1.44 bits per heavy atom. The lowest BCUT2D eigenvalue weighted by molar-refractivity contribution is 0.0938. The smallest absolute Gasteiger partial charge is 0.270 e. The Kier molecular flexibility index (Phi) is 8.35.